The van der Waals surface area contributed by atoms with Gasteiger partial charge in [-0.15, -0.1) is 0 Å². The predicted octanol–water partition coefficient (Wildman–Crippen LogP) is 5.33. The Balaban J connectivity index is 1.29. The first kappa shape index (κ1) is 20.4. The molecule has 0 aliphatic heterocycles. The first-order chi connectivity index (χ1) is 15.5. The van der Waals surface area contributed by atoms with Gasteiger partial charge in [0.1, 0.15) is 11.3 Å². The number of amides is 1. The first-order valence-electron chi connectivity index (χ1n) is 9.95. The number of aromatic nitrogens is 4. The van der Waals surface area contributed by atoms with Gasteiger partial charge in [-0.1, -0.05) is 35.3 Å². The second-order valence-electron chi connectivity index (χ2n) is 7.43. The minimum atomic E-state index is -0.249. The molecule has 0 radical (unpaired) electrons. The minimum Gasteiger partial charge on any atom is -0.347 e. The van der Waals surface area contributed by atoms with Crippen molar-refractivity contribution in [2.75, 3.05) is 0 Å². The van der Waals surface area contributed by atoms with Gasteiger partial charge < -0.3 is 10.3 Å². The summed E-state index contributed by atoms with van der Waals surface area (Å²) in [5.74, 6) is -0.249. The number of nitrogens with zero attached hydrogens (tertiary/aromatic N) is 3. The van der Waals surface area contributed by atoms with Gasteiger partial charge in [0.25, 0.3) is 5.91 Å². The van der Waals surface area contributed by atoms with E-state index in [1.807, 2.05) is 42.5 Å². The molecule has 4 heterocycles. The van der Waals surface area contributed by atoms with Gasteiger partial charge in [0.05, 0.1) is 15.6 Å². The van der Waals surface area contributed by atoms with Crippen molar-refractivity contribution in [3.63, 3.8) is 0 Å². The molecule has 0 unspecified atom stereocenters. The van der Waals surface area contributed by atoms with Gasteiger partial charge in [0.15, 0.2) is 0 Å². The summed E-state index contributed by atoms with van der Waals surface area (Å²) >= 11 is 12.2. The number of rotatable bonds is 5. The number of hydrogen-bond donors (Lipinski definition) is 2. The molecule has 1 aromatic carbocycles. The van der Waals surface area contributed by atoms with E-state index >= 15 is 0 Å². The highest BCUT2D eigenvalue weighted by molar-refractivity contribution is 6.35. The molecule has 0 bridgehead atoms. The lowest BCUT2D eigenvalue weighted by molar-refractivity contribution is 0.0945. The van der Waals surface area contributed by atoms with E-state index in [1.54, 1.807) is 24.7 Å². The van der Waals surface area contributed by atoms with Crippen molar-refractivity contribution in [3.8, 4) is 0 Å². The Morgan fingerprint density at radius 2 is 1.91 bits per heavy atom. The highest BCUT2D eigenvalue weighted by Crippen LogP contribution is 2.22. The number of halogens is 2. The zero-order valence-electron chi connectivity index (χ0n) is 16.8. The maximum atomic E-state index is 12.7. The van der Waals surface area contributed by atoms with Crippen molar-refractivity contribution in [1.82, 2.24) is 25.3 Å². The number of carbonyl (C=O) groups is 1. The summed E-state index contributed by atoms with van der Waals surface area (Å²) in [7, 11) is 0. The fraction of sp³-hybridized carbons (Fsp3) is 0.0833. The monoisotopic (exact) mass is 461 g/mol. The van der Waals surface area contributed by atoms with Crippen molar-refractivity contribution in [3.05, 3.63) is 99.7 Å². The van der Waals surface area contributed by atoms with Crippen LogP contribution in [0, 0.1) is 0 Å². The molecular formula is C24H17Cl2N5O. The third kappa shape index (κ3) is 4.28. The molecular weight excluding hydrogens is 445 g/mol. The second-order valence-corrected chi connectivity index (χ2v) is 8.27. The number of H-pyrrole nitrogens is 1. The van der Waals surface area contributed by atoms with Crippen LogP contribution in [0.2, 0.25) is 10.0 Å². The molecule has 1 amide bonds. The Bertz CT molecular complexity index is 1460. The molecule has 0 saturated heterocycles. The van der Waals surface area contributed by atoms with Crippen LogP contribution in [0.5, 0.6) is 0 Å². The van der Waals surface area contributed by atoms with Crippen LogP contribution >= 0.6 is 23.2 Å². The Hall–Kier alpha value is -3.48. The van der Waals surface area contributed by atoms with Crippen LogP contribution in [0.3, 0.4) is 0 Å². The van der Waals surface area contributed by atoms with Crippen molar-refractivity contribution in [1.29, 1.82) is 0 Å². The smallest absolute Gasteiger partial charge is 0.270 e. The van der Waals surface area contributed by atoms with Crippen LogP contribution in [-0.2, 0) is 13.0 Å². The van der Waals surface area contributed by atoms with Crippen LogP contribution in [0.25, 0.3) is 21.9 Å². The summed E-state index contributed by atoms with van der Waals surface area (Å²) in [5, 5.41) is 5.89. The van der Waals surface area contributed by atoms with E-state index in [9.17, 15) is 4.79 Å². The summed E-state index contributed by atoms with van der Waals surface area (Å²) in [6.45, 7) is 0.327. The number of pyridine rings is 3. The van der Waals surface area contributed by atoms with Crippen molar-refractivity contribution >= 4 is 51.0 Å². The van der Waals surface area contributed by atoms with Crippen molar-refractivity contribution < 1.29 is 4.79 Å². The Labute approximate surface area is 193 Å². The second kappa shape index (κ2) is 8.57. The molecule has 4 aromatic heterocycles. The third-order valence-corrected chi connectivity index (χ3v) is 5.65. The molecule has 5 rings (SSSR count). The average Bonchev–Trinajstić information content (AvgIpc) is 3.17. The number of aromatic amines is 1. The topological polar surface area (TPSA) is 83.6 Å². The Morgan fingerprint density at radius 1 is 1.00 bits per heavy atom. The molecule has 2 N–H and O–H groups in total. The minimum absolute atomic E-state index is 0.249. The Morgan fingerprint density at radius 3 is 2.81 bits per heavy atom. The first-order valence-corrected chi connectivity index (χ1v) is 10.7. The highest BCUT2D eigenvalue weighted by atomic mass is 35.5. The zero-order chi connectivity index (χ0) is 22.1. The van der Waals surface area contributed by atoms with Gasteiger partial charge in [-0.05, 0) is 47.5 Å². The van der Waals surface area contributed by atoms with Gasteiger partial charge in [-0.3, -0.25) is 9.78 Å². The number of nitrogens with one attached hydrogen (secondary N) is 2. The Kier molecular flexibility index (Phi) is 5.47. The van der Waals surface area contributed by atoms with E-state index in [4.69, 9.17) is 23.2 Å². The third-order valence-electron chi connectivity index (χ3n) is 5.13. The summed E-state index contributed by atoms with van der Waals surface area (Å²) in [4.78, 5) is 28.8. The van der Waals surface area contributed by atoms with Crippen molar-refractivity contribution in [2.24, 2.45) is 0 Å². The molecule has 0 spiro atoms. The van der Waals surface area contributed by atoms with E-state index in [1.165, 1.54) is 0 Å². The molecule has 0 aliphatic carbocycles. The lowest BCUT2D eigenvalue weighted by atomic mass is 10.1. The molecule has 158 valence electrons. The summed E-state index contributed by atoms with van der Waals surface area (Å²) < 4.78 is 0. The zero-order valence-corrected chi connectivity index (χ0v) is 18.3. The molecule has 6 nitrogen and oxygen atoms in total. The van der Waals surface area contributed by atoms with Crippen LogP contribution in [0.15, 0.2) is 67.1 Å². The number of hydrogen-bond acceptors (Lipinski definition) is 4. The number of benzene rings is 1. The fourth-order valence-corrected chi connectivity index (χ4v) is 3.93. The largest absolute Gasteiger partial charge is 0.347 e. The van der Waals surface area contributed by atoms with Crippen LogP contribution in [-0.4, -0.2) is 25.8 Å². The van der Waals surface area contributed by atoms with Gasteiger partial charge in [-0.2, -0.15) is 0 Å². The van der Waals surface area contributed by atoms with Gasteiger partial charge in [-0.25, -0.2) is 9.97 Å². The SMILES string of the molecule is O=C(NCc1cnc2[nH]cc(Cl)c2c1)c1cccc(Cc2ccc3ncc(Cl)cc3c2)n1. The van der Waals surface area contributed by atoms with Gasteiger partial charge >= 0.3 is 0 Å². The van der Waals surface area contributed by atoms with Gasteiger partial charge in [0, 0.05) is 48.0 Å². The fourth-order valence-electron chi connectivity index (χ4n) is 3.56. The van der Waals surface area contributed by atoms with Crippen LogP contribution in [0.1, 0.15) is 27.3 Å². The van der Waals surface area contributed by atoms with Crippen molar-refractivity contribution in [2.45, 2.75) is 13.0 Å². The van der Waals surface area contributed by atoms with E-state index < -0.39 is 0 Å². The van der Waals surface area contributed by atoms with E-state index in [-0.39, 0.29) is 5.91 Å². The maximum Gasteiger partial charge on any atom is 0.270 e. The van der Waals surface area contributed by atoms with Crippen LogP contribution < -0.4 is 5.32 Å². The molecule has 0 saturated carbocycles. The van der Waals surface area contributed by atoms with E-state index in [0.717, 1.165) is 33.1 Å². The summed E-state index contributed by atoms with van der Waals surface area (Å²) in [6.07, 6.45) is 5.63. The normalized spacial score (nSPS) is 11.2. The average molecular weight is 462 g/mol. The molecule has 0 atom stereocenters. The highest BCUT2D eigenvalue weighted by Gasteiger charge is 2.10. The standard InChI is InChI=1S/C24H17Cl2N5O/c25-17-9-16-6-14(4-5-21(16)27-12-17)7-18-2-1-3-22(31-18)24(32)30-11-15-8-19-20(26)13-29-23(19)28-10-15/h1-6,8-10,12-13H,7,11H2,(H,28,29)(H,30,32). The van der Waals surface area contributed by atoms with E-state index in [2.05, 4.69) is 25.3 Å². The van der Waals surface area contributed by atoms with Crippen LogP contribution in [0.4, 0.5) is 0 Å². The quantitative estimate of drug-likeness (QED) is 0.370. The molecule has 32 heavy (non-hydrogen) atoms. The lowest BCUT2D eigenvalue weighted by Gasteiger charge is -2.08. The van der Waals surface area contributed by atoms with Gasteiger partial charge in [0.2, 0.25) is 0 Å². The molecule has 8 heteroatoms. The molecule has 5 aromatic rings. The summed E-state index contributed by atoms with van der Waals surface area (Å²) in [6, 6.07) is 15.2. The summed E-state index contributed by atoms with van der Waals surface area (Å²) in [5.41, 5.74) is 4.68. The molecule has 0 aliphatic rings. The number of carbonyl (C=O) groups excluding carboxylic acids is 1. The van der Waals surface area contributed by atoms with E-state index in [0.29, 0.717) is 34.4 Å². The molecule has 0 fully saturated rings. The maximum absolute atomic E-state index is 12.7. The lowest BCUT2D eigenvalue weighted by Crippen LogP contribution is -2.24. The number of fused-ring (bicyclic) bond motifs is 2. The predicted molar refractivity (Wildman–Crippen MR) is 126 cm³/mol.